The Labute approximate surface area is 170 Å². The Morgan fingerprint density at radius 2 is 1.50 bits per heavy atom. The second-order valence-electron chi connectivity index (χ2n) is 6.03. The minimum absolute atomic E-state index is 0.234. The molecule has 0 aliphatic rings. The van der Waals surface area contributed by atoms with Crippen LogP contribution in [0.5, 0.6) is 0 Å². The number of nitrogens with one attached hydrogen (secondary N) is 1. The number of nitrogens with zero attached hydrogens (tertiary/aromatic N) is 3. The minimum atomic E-state index is -0.412. The van der Waals surface area contributed by atoms with Crippen molar-refractivity contribution in [1.29, 1.82) is 0 Å². The number of halogens is 1. The van der Waals surface area contributed by atoms with Gasteiger partial charge in [0.2, 0.25) is 0 Å². The summed E-state index contributed by atoms with van der Waals surface area (Å²) in [6.45, 7) is 0. The molecule has 0 radical (unpaired) electrons. The number of hydrogen-bond acceptors (Lipinski definition) is 4. The van der Waals surface area contributed by atoms with Crippen LogP contribution in [-0.2, 0) is 0 Å². The summed E-state index contributed by atoms with van der Waals surface area (Å²) in [5.74, 6) is -0.412. The summed E-state index contributed by atoms with van der Waals surface area (Å²) >= 11 is 3.39. The highest BCUT2D eigenvalue weighted by Gasteiger charge is 2.17. The van der Waals surface area contributed by atoms with Gasteiger partial charge in [0.1, 0.15) is 5.69 Å². The molecule has 0 unspecified atom stereocenters. The third-order valence-electron chi connectivity index (χ3n) is 4.08. The number of fused-ring (bicyclic) bond motifs is 1. The first-order valence-corrected chi connectivity index (χ1v) is 9.41. The van der Waals surface area contributed by atoms with Crippen LogP contribution in [0.4, 0.5) is 0 Å². The lowest BCUT2D eigenvalue weighted by Gasteiger charge is -2.09. The third kappa shape index (κ3) is 3.97. The molecule has 0 saturated carbocycles. The average Bonchev–Trinajstić information content (AvgIpc) is 2.75. The summed E-state index contributed by atoms with van der Waals surface area (Å²) in [4.78, 5) is 22.0. The van der Waals surface area contributed by atoms with Crippen molar-refractivity contribution in [2.75, 3.05) is 0 Å². The fourth-order valence-electron chi connectivity index (χ4n) is 2.72. The molecule has 0 spiro atoms. The maximum Gasteiger partial charge on any atom is 0.292 e. The van der Waals surface area contributed by atoms with Gasteiger partial charge in [0.25, 0.3) is 5.91 Å². The van der Waals surface area contributed by atoms with Crippen molar-refractivity contribution in [1.82, 2.24) is 15.4 Å². The molecule has 1 aromatic heterocycles. The molecule has 6 heteroatoms. The first-order chi connectivity index (χ1) is 13.7. The summed E-state index contributed by atoms with van der Waals surface area (Å²) in [6, 6.07) is 24.6. The zero-order valence-electron chi connectivity index (χ0n) is 14.7. The lowest BCUT2D eigenvalue weighted by atomic mass is 10.1. The number of para-hydroxylation sites is 2. The molecule has 3 aromatic carbocycles. The molecule has 0 atom stereocenters. The Morgan fingerprint density at radius 1 is 0.857 bits per heavy atom. The molecule has 0 aliphatic carbocycles. The molecule has 28 heavy (non-hydrogen) atoms. The van der Waals surface area contributed by atoms with Crippen LogP contribution in [0.2, 0.25) is 0 Å². The predicted molar refractivity (Wildman–Crippen MR) is 114 cm³/mol. The van der Waals surface area contributed by atoms with Crippen molar-refractivity contribution in [3.05, 3.63) is 94.6 Å². The molecular formula is C22H15BrN4O. The highest BCUT2D eigenvalue weighted by molar-refractivity contribution is 9.10. The van der Waals surface area contributed by atoms with Crippen LogP contribution >= 0.6 is 15.9 Å². The van der Waals surface area contributed by atoms with Crippen molar-refractivity contribution in [3.8, 4) is 11.3 Å². The van der Waals surface area contributed by atoms with Gasteiger partial charge in [0.05, 0.1) is 17.2 Å². The highest BCUT2D eigenvalue weighted by atomic mass is 79.9. The zero-order valence-corrected chi connectivity index (χ0v) is 16.3. The molecule has 0 aliphatic heterocycles. The molecule has 0 fully saturated rings. The van der Waals surface area contributed by atoms with Gasteiger partial charge in [-0.1, -0.05) is 70.5 Å². The van der Waals surface area contributed by atoms with Gasteiger partial charge >= 0.3 is 0 Å². The van der Waals surface area contributed by atoms with E-state index in [-0.39, 0.29) is 5.69 Å². The standard InChI is InChI=1S/C22H15BrN4O/c23-17-12-10-15(11-13-17)14-24-27-22(28)21-20(16-6-2-1-3-7-16)25-18-8-4-5-9-19(18)26-21/h1-14H,(H,27,28)/b24-14+. The lowest BCUT2D eigenvalue weighted by molar-refractivity contribution is 0.0951. The molecule has 5 nitrogen and oxygen atoms in total. The van der Waals surface area contributed by atoms with Gasteiger partial charge < -0.3 is 0 Å². The van der Waals surface area contributed by atoms with Crippen LogP contribution in [0.25, 0.3) is 22.3 Å². The smallest absolute Gasteiger partial charge is 0.265 e. The second-order valence-corrected chi connectivity index (χ2v) is 6.94. The molecule has 136 valence electrons. The number of aromatic nitrogens is 2. The van der Waals surface area contributed by atoms with Crippen molar-refractivity contribution < 1.29 is 4.79 Å². The van der Waals surface area contributed by atoms with Gasteiger partial charge in [-0.25, -0.2) is 15.4 Å². The Morgan fingerprint density at radius 3 is 2.21 bits per heavy atom. The number of benzene rings is 3. The first kappa shape index (κ1) is 18.0. The Balaban J connectivity index is 1.68. The highest BCUT2D eigenvalue weighted by Crippen LogP contribution is 2.23. The van der Waals surface area contributed by atoms with Gasteiger partial charge in [-0.15, -0.1) is 0 Å². The van der Waals surface area contributed by atoms with E-state index >= 15 is 0 Å². The van der Waals surface area contributed by atoms with Crippen LogP contribution in [0.1, 0.15) is 16.1 Å². The van der Waals surface area contributed by atoms with E-state index in [1.807, 2.05) is 78.9 Å². The molecule has 0 bridgehead atoms. The van der Waals surface area contributed by atoms with Gasteiger partial charge in [-0.05, 0) is 29.8 Å². The van der Waals surface area contributed by atoms with Crippen molar-refractivity contribution >= 4 is 39.1 Å². The molecule has 4 aromatic rings. The maximum atomic E-state index is 12.8. The Hall–Kier alpha value is -3.38. The summed E-state index contributed by atoms with van der Waals surface area (Å²) in [6.07, 6.45) is 1.58. The van der Waals surface area contributed by atoms with Crippen LogP contribution < -0.4 is 5.43 Å². The van der Waals surface area contributed by atoms with E-state index in [1.54, 1.807) is 6.21 Å². The van der Waals surface area contributed by atoms with E-state index in [2.05, 4.69) is 36.4 Å². The molecule has 0 saturated heterocycles. The van der Waals surface area contributed by atoms with E-state index in [4.69, 9.17) is 0 Å². The number of amides is 1. The van der Waals surface area contributed by atoms with Gasteiger partial charge in [0, 0.05) is 10.0 Å². The first-order valence-electron chi connectivity index (χ1n) is 8.62. The number of carbonyl (C=O) groups is 1. The van der Waals surface area contributed by atoms with Gasteiger partial charge in [-0.2, -0.15) is 5.10 Å². The summed E-state index contributed by atoms with van der Waals surface area (Å²) in [7, 11) is 0. The van der Waals surface area contributed by atoms with Gasteiger partial charge in [0.15, 0.2) is 5.69 Å². The number of hydrazone groups is 1. The van der Waals surface area contributed by atoms with Crippen LogP contribution in [0.3, 0.4) is 0 Å². The van der Waals surface area contributed by atoms with E-state index in [0.717, 1.165) is 21.1 Å². The quantitative estimate of drug-likeness (QED) is 0.372. The van der Waals surface area contributed by atoms with Gasteiger partial charge in [-0.3, -0.25) is 4.79 Å². The van der Waals surface area contributed by atoms with E-state index in [1.165, 1.54) is 0 Å². The largest absolute Gasteiger partial charge is 0.292 e. The van der Waals surface area contributed by atoms with E-state index in [9.17, 15) is 4.79 Å². The normalized spacial score (nSPS) is 11.0. The molecular weight excluding hydrogens is 416 g/mol. The predicted octanol–water partition coefficient (Wildman–Crippen LogP) is 4.82. The van der Waals surface area contributed by atoms with Crippen molar-refractivity contribution in [3.63, 3.8) is 0 Å². The van der Waals surface area contributed by atoms with Crippen LogP contribution in [0, 0.1) is 0 Å². The minimum Gasteiger partial charge on any atom is -0.265 e. The number of rotatable bonds is 4. The fraction of sp³-hybridized carbons (Fsp3) is 0. The number of hydrogen-bond donors (Lipinski definition) is 1. The third-order valence-corrected chi connectivity index (χ3v) is 4.61. The van der Waals surface area contributed by atoms with E-state index in [0.29, 0.717) is 11.2 Å². The Kier molecular flexibility index (Phi) is 5.21. The lowest BCUT2D eigenvalue weighted by Crippen LogP contribution is -2.20. The summed E-state index contributed by atoms with van der Waals surface area (Å²) in [5.41, 5.74) is 6.39. The SMILES string of the molecule is O=C(N/N=C/c1ccc(Br)cc1)c1nc2ccccc2nc1-c1ccccc1. The fourth-order valence-corrected chi connectivity index (χ4v) is 2.99. The molecule has 1 heterocycles. The number of carbonyl (C=O) groups excluding carboxylic acids is 1. The Bertz CT molecular complexity index is 1160. The molecule has 1 N–H and O–H groups in total. The van der Waals surface area contributed by atoms with Crippen LogP contribution in [0.15, 0.2) is 88.4 Å². The van der Waals surface area contributed by atoms with Crippen LogP contribution in [-0.4, -0.2) is 22.1 Å². The van der Waals surface area contributed by atoms with E-state index < -0.39 is 5.91 Å². The zero-order chi connectivity index (χ0) is 19.3. The molecule has 4 rings (SSSR count). The van der Waals surface area contributed by atoms with Crippen molar-refractivity contribution in [2.45, 2.75) is 0 Å². The topological polar surface area (TPSA) is 67.2 Å². The molecule has 1 amide bonds. The summed E-state index contributed by atoms with van der Waals surface area (Å²) in [5, 5.41) is 4.05. The maximum absolute atomic E-state index is 12.8. The second kappa shape index (κ2) is 8.10. The summed E-state index contributed by atoms with van der Waals surface area (Å²) < 4.78 is 0.979. The van der Waals surface area contributed by atoms with Crippen molar-refractivity contribution in [2.24, 2.45) is 5.10 Å². The monoisotopic (exact) mass is 430 g/mol. The average molecular weight is 431 g/mol.